The van der Waals surface area contributed by atoms with Crippen LogP contribution in [0.2, 0.25) is 5.02 Å². The van der Waals surface area contributed by atoms with Crippen molar-refractivity contribution in [1.29, 1.82) is 0 Å². The third-order valence-corrected chi connectivity index (χ3v) is 6.12. The van der Waals surface area contributed by atoms with E-state index in [-0.39, 0.29) is 5.91 Å². The summed E-state index contributed by atoms with van der Waals surface area (Å²) >= 11 is 7.65. The lowest BCUT2D eigenvalue weighted by molar-refractivity contribution is 0.0697. The van der Waals surface area contributed by atoms with E-state index in [0.29, 0.717) is 5.92 Å². The molecule has 0 saturated carbocycles. The molecule has 0 radical (unpaired) electrons. The number of hydrogen-bond acceptors (Lipinski definition) is 3. The van der Waals surface area contributed by atoms with Crippen LogP contribution in [0.25, 0.3) is 0 Å². The molecule has 0 N–H and O–H groups in total. The molecule has 26 heavy (non-hydrogen) atoms. The van der Waals surface area contributed by atoms with Crippen LogP contribution >= 0.6 is 23.4 Å². The van der Waals surface area contributed by atoms with Gasteiger partial charge in [-0.05, 0) is 61.2 Å². The number of piperidine rings is 1. The number of ether oxygens (including phenoxy) is 1. The van der Waals surface area contributed by atoms with E-state index in [0.717, 1.165) is 58.5 Å². The Morgan fingerprint density at radius 1 is 1.19 bits per heavy atom. The Labute approximate surface area is 164 Å². The van der Waals surface area contributed by atoms with Gasteiger partial charge in [-0.3, -0.25) is 4.79 Å². The minimum Gasteiger partial charge on any atom is -0.496 e. The molecule has 0 aromatic heterocycles. The summed E-state index contributed by atoms with van der Waals surface area (Å²) in [4.78, 5) is 15.9. The number of nitrogens with zero attached hydrogens (tertiary/aromatic N) is 1. The Bertz CT molecular complexity index is 755. The molecule has 0 spiro atoms. The van der Waals surface area contributed by atoms with Gasteiger partial charge < -0.3 is 9.64 Å². The van der Waals surface area contributed by atoms with Crippen molar-refractivity contribution in [3.05, 3.63) is 58.6 Å². The Balaban J connectivity index is 1.73. The lowest BCUT2D eigenvalue weighted by Crippen LogP contribution is -2.37. The first-order valence-corrected chi connectivity index (χ1v) is 10.3. The van der Waals surface area contributed by atoms with E-state index in [2.05, 4.69) is 6.92 Å². The molecule has 2 aromatic carbocycles. The van der Waals surface area contributed by atoms with Crippen LogP contribution in [0.3, 0.4) is 0 Å². The number of methoxy groups -OCH3 is 1. The van der Waals surface area contributed by atoms with Crippen molar-refractivity contribution in [2.24, 2.45) is 5.92 Å². The van der Waals surface area contributed by atoms with Gasteiger partial charge in [-0.1, -0.05) is 18.5 Å². The van der Waals surface area contributed by atoms with E-state index < -0.39 is 0 Å². The molecule has 0 aliphatic carbocycles. The van der Waals surface area contributed by atoms with Crippen molar-refractivity contribution in [2.75, 3.05) is 20.2 Å². The smallest absolute Gasteiger partial charge is 0.253 e. The number of carbonyl (C=O) groups excluding carboxylic acids is 1. The van der Waals surface area contributed by atoms with Crippen LogP contribution in [0.4, 0.5) is 0 Å². The maximum absolute atomic E-state index is 12.8. The number of hydrogen-bond donors (Lipinski definition) is 0. The highest BCUT2D eigenvalue weighted by Crippen LogP contribution is 2.30. The van der Waals surface area contributed by atoms with Gasteiger partial charge in [0.25, 0.3) is 5.91 Å². The van der Waals surface area contributed by atoms with Gasteiger partial charge in [0.05, 0.1) is 7.11 Å². The van der Waals surface area contributed by atoms with E-state index in [1.807, 2.05) is 47.4 Å². The molecule has 3 nitrogen and oxygen atoms in total. The summed E-state index contributed by atoms with van der Waals surface area (Å²) in [6, 6.07) is 13.5. The minimum atomic E-state index is 0.122. The minimum absolute atomic E-state index is 0.122. The van der Waals surface area contributed by atoms with Gasteiger partial charge in [0, 0.05) is 39.9 Å². The predicted octanol–water partition coefficient (Wildman–Crippen LogP) is 5.51. The van der Waals surface area contributed by atoms with Gasteiger partial charge in [0.2, 0.25) is 0 Å². The molecular formula is C21H24ClNO2S. The van der Waals surface area contributed by atoms with Crippen LogP contribution in [-0.4, -0.2) is 31.0 Å². The summed E-state index contributed by atoms with van der Waals surface area (Å²) in [6.45, 7) is 3.95. The summed E-state index contributed by atoms with van der Waals surface area (Å²) in [5.74, 6) is 2.39. The summed E-state index contributed by atoms with van der Waals surface area (Å²) in [6.07, 6.45) is 2.17. The van der Waals surface area contributed by atoms with Crippen molar-refractivity contribution >= 4 is 29.3 Å². The number of halogens is 1. The topological polar surface area (TPSA) is 29.5 Å². The number of likely N-dealkylation sites (tertiary alicyclic amines) is 1. The first-order chi connectivity index (χ1) is 12.6. The van der Waals surface area contributed by atoms with Crippen LogP contribution in [0, 0.1) is 5.92 Å². The summed E-state index contributed by atoms with van der Waals surface area (Å²) in [5.41, 5.74) is 1.77. The van der Waals surface area contributed by atoms with E-state index in [1.54, 1.807) is 18.9 Å². The highest BCUT2D eigenvalue weighted by atomic mass is 35.5. The van der Waals surface area contributed by atoms with Gasteiger partial charge in [-0.15, -0.1) is 11.8 Å². The van der Waals surface area contributed by atoms with Gasteiger partial charge in [0.15, 0.2) is 0 Å². The largest absolute Gasteiger partial charge is 0.496 e. The number of amides is 1. The van der Waals surface area contributed by atoms with Crippen molar-refractivity contribution in [3.8, 4) is 5.75 Å². The molecule has 0 atom stereocenters. The third-order valence-electron chi connectivity index (χ3n) is 4.81. The zero-order chi connectivity index (χ0) is 18.5. The maximum atomic E-state index is 12.8. The highest BCUT2D eigenvalue weighted by Gasteiger charge is 2.22. The van der Waals surface area contributed by atoms with Gasteiger partial charge >= 0.3 is 0 Å². The first-order valence-electron chi connectivity index (χ1n) is 8.91. The summed E-state index contributed by atoms with van der Waals surface area (Å²) in [7, 11) is 1.67. The van der Waals surface area contributed by atoms with E-state index in [9.17, 15) is 4.79 Å². The zero-order valence-corrected chi connectivity index (χ0v) is 16.8. The van der Waals surface area contributed by atoms with E-state index in [4.69, 9.17) is 16.3 Å². The Morgan fingerprint density at radius 3 is 2.54 bits per heavy atom. The van der Waals surface area contributed by atoms with E-state index >= 15 is 0 Å². The number of benzene rings is 2. The van der Waals surface area contributed by atoms with Crippen LogP contribution in [0.1, 0.15) is 35.7 Å². The summed E-state index contributed by atoms with van der Waals surface area (Å²) in [5, 5.41) is 0.732. The molecule has 2 aromatic rings. The molecule has 0 bridgehead atoms. The van der Waals surface area contributed by atoms with Crippen LogP contribution in [-0.2, 0) is 5.75 Å². The fourth-order valence-electron chi connectivity index (χ4n) is 3.11. The van der Waals surface area contributed by atoms with Gasteiger partial charge in [0.1, 0.15) is 5.75 Å². The maximum Gasteiger partial charge on any atom is 0.253 e. The molecular weight excluding hydrogens is 366 g/mol. The normalized spacial score (nSPS) is 15.1. The molecule has 0 unspecified atom stereocenters. The fourth-order valence-corrected chi connectivity index (χ4v) is 4.11. The van der Waals surface area contributed by atoms with Gasteiger partial charge in [-0.2, -0.15) is 0 Å². The molecule has 1 heterocycles. The standard InChI is InChI=1S/C21H24ClNO2S/c1-15-9-11-23(12-10-15)21(24)16-3-8-20(25-2)17(13-16)14-26-19-6-4-18(22)5-7-19/h3-8,13,15H,9-12,14H2,1-2H3. The molecule has 3 rings (SSSR count). The Kier molecular flexibility index (Phi) is 6.49. The molecule has 1 saturated heterocycles. The van der Waals surface area contributed by atoms with Crippen LogP contribution in [0.15, 0.2) is 47.4 Å². The number of rotatable bonds is 5. The van der Waals surface area contributed by atoms with Crippen molar-refractivity contribution in [2.45, 2.75) is 30.4 Å². The molecule has 1 fully saturated rings. The SMILES string of the molecule is COc1ccc(C(=O)N2CCC(C)CC2)cc1CSc1ccc(Cl)cc1. The monoisotopic (exact) mass is 389 g/mol. The average molecular weight is 390 g/mol. The van der Waals surface area contributed by atoms with Crippen molar-refractivity contribution in [1.82, 2.24) is 4.90 Å². The molecule has 1 aliphatic heterocycles. The first kappa shape index (κ1) is 19.1. The van der Waals surface area contributed by atoms with Crippen LogP contribution < -0.4 is 4.74 Å². The second-order valence-electron chi connectivity index (χ2n) is 6.74. The van der Waals surface area contributed by atoms with E-state index in [1.165, 1.54) is 0 Å². The molecule has 1 amide bonds. The predicted molar refractivity (Wildman–Crippen MR) is 108 cm³/mol. The number of carbonyl (C=O) groups is 1. The molecule has 138 valence electrons. The fraction of sp³-hybridized carbons (Fsp3) is 0.381. The highest BCUT2D eigenvalue weighted by molar-refractivity contribution is 7.98. The molecule has 5 heteroatoms. The second kappa shape index (κ2) is 8.83. The van der Waals surface area contributed by atoms with Gasteiger partial charge in [-0.25, -0.2) is 0 Å². The second-order valence-corrected chi connectivity index (χ2v) is 8.23. The zero-order valence-electron chi connectivity index (χ0n) is 15.2. The number of thioether (sulfide) groups is 1. The van der Waals surface area contributed by atoms with Crippen molar-refractivity contribution in [3.63, 3.8) is 0 Å². The molecule has 1 aliphatic rings. The van der Waals surface area contributed by atoms with Crippen LogP contribution in [0.5, 0.6) is 5.75 Å². The summed E-state index contributed by atoms with van der Waals surface area (Å²) < 4.78 is 5.49. The van der Waals surface area contributed by atoms with Crippen molar-refractivity contribution < 1.29 is 9.53 Å². The Morgan fingerprint density at radius 2 is 1.88 bits per heavy atom. The lowest BCUT2D eigenvalue weighted by Gasteiger charge is -2.30. The Hall–Kier alpha value is -1.65. The third kappa shape index (κ3) is 4.74. The quantitative estimate of drug-likeness (QED) is 0.631. The average Bonchev–Trinajstić information content (AvgIpc) is 2.67. The lowest BCUT2D eigenvalue weighted by atomic mass is 9.98.